The van der Waals surface area contributed by atoms with E-state index in [1.165, 1.54) is 0 Å². The lowest BCUT2D eigenvalue weighted by Crippen LogP contribution is -2.38. The molecule has 14 heavy (non-hydrogen) atoms. The fraction of sp³-hybridized carbons (Fsp3) is 0.500. The zero-order chi connectivity index (χ0) is 10.6. The number of amides is 1. The number of thiophene rings is 1. The molecule has 1 rings (SSSR count). The quantitative estimate of drug-likeness (QED) is 0.789. The Labute approximate surface area is 87.8 Å². The van der Waals surface area contributed by atoms with Crippen molar-refractivity contribution in [3.05, 3.63) is 22.4 Å². The highest BCUT2D eigenvalue weighted by molar-refractivity contribution is 7.10. The van der Waals surface area contributed by atoms with Crippen LogP contribution in [0.2, 0.25) is 0 Å². The summed E-state index contributed by atoms with van der Waals surface area (Å²) in [5.74, 6) is -0.0467. The van der Waals surface area contributed by atoms with Crippen molar-refractivity contribution < 1.29 is 9.90 Å². The van der Waals surface area contributed by atoms with Gasteiger partial charge in [0.1, 0.15) is 0 Å². The topological polar surface area (TPSA) is 49.3 Å². The molecule has 1 amide bonds. The van der Waals surface area contributed by atoms with Crippen molar-refractivity contribution in [3.8, 4) is 0 Å². The summed E-state index contributed by atoms with van der Waals surface area (Å²) in [5.41, 5.74) is -0.842. The van der Waals surface area contributed by atoms with E-state index in [9.17, 15) is 9.90 Å². The van der Waals surface area contributed by atoms with E-state index in [0.29, 0.717) is 6.42 Å². The molecule has 0 saturated carbocycles. The van der Waals surface area contributed by atoms with Crippen molar-refractivity contribution in [2.24, 2.45) is 0 Å². The number of carbonyl (C=O) groups excluding carboxylic acids is 1. The molecular weight excluding hydrogens is 198 g/mol. The van der Waals surface area contributed by atoms with E-state index in [4.69, 9.17) is 0 Å². The van der Waals surface area contributed by atoms with Crippen LogP contribution >= 0.6 is 11.3 Å². The minimum absolute atomic E-state index is 0.0467. The number of hydrogen-bond acceptors (Lipinski definition) is 3. The molecule has 0 saturated heterocycles. The molecule has 1 aromatic heterocycles. The molecule has 0 aliphatic rings. The molecule has 1 aromatic rings. The Morgan fingerprint density at radius 1 is 1.64 bits per heavy atom. The second-order valence-electron chi connectivity index (χ2n) is 3.85. The smallest absolute Gasteiger partial charge is 0.225 e. The maximum absolute atomic E-state index is 11.3. The first-order valence-corrected chi connectivity index (χ1v) is 5.37. The van der Waals surface area contributed by atoms with Crippen LogP contribution in [-0.4, -0.2) is 23.2 Å². The first kappa shape index (κ1) is 11.2. The average molecular weight is 213 g/mol. The summed E-state index contributed by atoms with van der Waals surface area (Å²) >= 11 is 1.56. The highest BCUT2D eigenvalue weighted by atomic mass is 32.1. The molecule has 0 bridgehead atoms. The molecule has 3 nitrogen and oxygen atoms in total. The van der Waals surface area contributed by atoms with Gasteiger partial charge in [-0.2, -0.15) is 0 Å². The Kier molecular flexibility index (Phi) is 3.66. The second-order valence-corrected chi connectivity index (χ2v) is 4.88. The van der Waals surface area contributed by atoms with Gasteiger partial charge in [0.15, 0.2) is 0 Å². The van der Waals surface area contributed by atoms with Gasteiger partial charge in [-0.05, 0) is 25.3 Å². The Bertz CT molecular complexity index is 288. The minimum atomic E-state index is -0.842. The summed E-state index contributed by atoms with van der Waals surface area (Å²) < 4.78 is 0. The zero-order valence-corrected chi connectivity index (χ0v) is 9.23. The predicted molar refractivity (Wildman–Crippen MR) is 57.3 cm³/mol. The van der Waals surface area contributed by atoms with Crippen LogP contribution in [0.5, 0.6) is 0 Å². The predicted octanol–water partition coefficient (Wildman–Crippen LogP) is 1.18. The first-order valence-electron chi connectivity index (χ1n) is 4.49. The summed E-state index contributed by atoms with van der Waals surface area (Å²) in [4.78, 5) is 12.4. The lowest BCUT2D eigenvalue weighted by molar-refractivity contribution is -0.121. The van der Waals surface area contributed by atoms with Crippen LogP contribution in [-0.2, 0) is 11.2 Å². The highest BCUT2D eigenvalue weighted by Gasteiger charge is 2.13. The van der Waals surface area contributed by atoms with Crippen molar-refractivity contribution in [2.75, 3.05) is 6.54 Å². The van der Waals surface area contributed by atoms with E-state index >= 15 is 0 Å². The van der Waals surface area contributed by atoms with Gasteiger partial charge in [-0.15, -0.1) is 11.3 Å². The fourth-order valence-corrected chi connectivity index (χ4v) is 1.65. The number of hydrogen-bond donors (Lipinski definition) is 2. The van der Waals surface area contributed by atoms with Crippen LogP contribution in [0.4, 0.5) is 0 Å². The van der Waals surface area contributed by atoms with Gasteiger partial charge in [0.05, 0.1) is 12.0 Å². The summed E-state index contributed by atoms with van der Waals surface area (Å²) in [5, 5.41) is 14.0. The largest absolute Gasteiger partial charge is 0.389 e. The molecule has 2 N–H and O–H groups in total. The van der Waals surface area contributed by atoms with Crippen LogP contribution in [0.25, 0.3) is 0 Å². The number of carbonyl (C=O) groups is 1. The summed E-state index contributed by atoms with van der Waals surface area (Å²) in [6.07, 6.45) is 0.397. The maximum Gasteiger partial charge on any atom is 0.225 e. The summed E-state index contributed by atoms with van der Waals surface area (Å²) in [6, 6.07) is 3.84. The third-order valence-corrected chi connectivity index (χ3v) is 2.51. The van der Waals surface area contributed by atoms with Crippen molar-refractivity contribution in [1.82, 2.24) is 5.32 Å². The Morgan fingerprint density at radius 2 is 2.36 bits per heavy atom. The van der Waals surface area contributed by atoms with Crippen molar-refractivity contribution in [1.29, 1.82) is 0 Å². The first-order chi connectivity index (χ1) is 6.47. The van der Waals surface area contributed by atoms with E-state index in [1.54, 1.807) is 25.2 Å². The van der Waals surface area contributed by atoms with Crippen molar-refractivity contribution >= 4 is 17.2 Å². The third kappa shape index (κ3) is 4.39. The molecule has 0 aliphatic heterocycles. The van der Waals surface area contributed by atoms with Gasteiger partial charge in [-0.1, -0.05) is 6.07 Å². The van der Waals surface area contributed by atoms with E-state index < -0.39 is 5.60 Å². The van der Waals surface area contributed by atoms with Gasteiger partial charge >= 0.3 is 0 Å². The van der Waals surface area contributed by atoms with Gasteiger partial charge in [0.2, 0.25) is 5.91 Å². The molecule has 0 unspecified atom stereocenters. The normalized spacial score (nSPS) is 11.4. The zero-order valence-electron chi connectivity index (χ0n) is 8.41. The lowest BCUT2D eigenvalue weighted by atomic mass is 10.1. The number of nitrogens with one attached hydrogen (secondary N) is 1. The summed E-state index contributed by atoms with van der Waals surface area (Å²) in [6.45, 7) is 3.62. The van der Waals surface area contributed by atoms with Gasteiger partial charge in [-0.3, -0.25) is 4.79 Å². The van der Waals surface area contributed by atoms with Crippen LogP contribution in [0.3, 0.4) is 0 Å². The van der Waals surface area contributed by atoms with Gasteiger partial charge < -0.3 is 10.4 Å². The van der Waals surface area contributed by atoms with Crippen molar-refractivity contribution in [2.45, 2.75) is 25.9 Å². The molecule has 78 valence electrons. The highest BCUT2D eigenvalue weighted by Crippen LogP contribution is 2.08. The molecule has 0 aromatic carbocycles. The van der Waals surface area contributed by atoms with E-state index in [1.807, 2.05) is 17.5 Å². The second kappa shape index (κ2) is 4.57. The van der Waals surface area contributed by atoms with Crippen LogP contribution < -0.4 is 5.32 Å². The van der Waals surface area contributed by atoms with E-state index in [0.717, 1.165) is 4.88 Å². The molecule has 0 aliphatic carbocycles. The Hall–Kier alpha value is -0.870. The Morgan fingerprint density at radius 3 is 2.86 bits per heavy atom. The molecule has 1 heterocycles. The molecule has 0 spiro atoms. The maximum atomic E-state index is 11.3. The minimum Gasteiger partial charge on any atom is -0.389 e. The van der Waals surface area contributed by atoms with E-state index in [-0.39, 0.29) is 12.5 Å². The standard InChI is InChI=1S/C10H15NO2S/c1-10(2,13)7-11-9(12)6-8-4-3-5-14-8/h3-5,13H,6-7H2,1-2H3,(H,11,12). The molecule has 0 atom stereocenters. The third-order valence-electron chi connectivity index (χ3n) is 1.63. The van der Waals surface area contributed by atoms with Crippen LogP contribution in [0.1, 0.15) is 18.7 Å². The van der Waals surface area contributed by atoms with Crippen LogP contribution in [0.15, 0.2) is 17.5 Å². The lowest BCUT2D eigenvalue weighted by Gasteiger charge is -2.17. The van der Waals surface area contributed by atoms with Crippen molar-refractivity contribution in [3.63, 3.8) is 0 Å². The number of rotatable bonds is 4. The monoisotopic (exact) mass is 213 g/mol. The Balaban J connectivity index is 2.30. The van der Waals surface area contributed by atoms with E-state index in [2.05, 4.69) is 5.32 Å². The molecule has 0 fully saturated rings. The molecule has 4 heteroatoms. The molecule has 0 radical (unpaired) electrons. The fourth-order valence-electron chi connectivity index (χ4n) is 0.949. The average Bonchev–Trinajstić information content (AvgIpc) is 2.52. The van der Waals surface area contributed by atoms with Gasteiger partial charge in [0.25, 0.3) is 0 Å². The van der Waals surface area contributed by atoms with Gasteiger partial charge in [-0.25, -0.2) is 0 Å². The number of aliphatic hydroxyl groups is 1. The van der Waals surface area contributed by atoms with Crippen LogP contribution in [0, 0.1) is 0 Å². The van der Waals surface area contributed by atoms with Gasteiger partial charge in [0, 0.05) is 11.4 Å². The molecular formula is C10H15NO2S. The SMILES string of the molecule is CC(C)(O)CNC(=O)Cc1cccs1. The summed E-state index contributed by atoms with van der Waals surface area (Å²) in [7, 11) is 0.